The molecule has 0 spiro atoms. The van der Waals surface area contributed by atoms with Crippen LogP contribution in [0.25, 0.3) is 0 Å². The number of fused-ring (bicyclic) bond motifs is 1. The lowest BCUT2D eigenvalue weighted by molar-refractivity contribution is -0.130. The second-order valence-corrected chi connectivity index (χ2v) is 9.74. The monoisotopic (exact) mass is 488 g/mol. The number of piperidine rings is 1. The lowest BCUT2D eigenvalue weighted by Gasteiger charge is -2.31. The molecule has 6 heteroatoms. The predicted octanol–water partition coefficient (Wildman–Crippen LogP) is 5.58. The standard InChI is InChI=1S/C27H33ClN2O2.ClH/c1-20(31)30-15-9-21(10-16-30)5-8-27(32)25-7-6-23-11-13-29(14-12-24(23)18-25)19-22-3-2-4-26(28)17-22;/h2-4,6-7,17-18,21H,5,8-16,19H2,1H3;1H. The molecule has 2 aromatic rings. The molecule has 0 aromatic heterocycles. The van der Waals surface area contributed by atoms with E-state index in [1.54, 1.807) is 6.92 Å². The van der Waals surface area contributed by atoms with E-state index in [4.69, 9.17) is 11.6 Å². The lowest BCUT2D eigenvalue weighted by Crippen LogP contribution is -2.37. The predicted molar refractivity (Wildman–Crippen MR) is 136 cm³/mol. The van der Waals surface area contributed by atoms with Crippen molar-refractivity contribution in [2.24, 2.45) is 5.92 Å². The van der Waals surface area contributed by atoms with Crippen molar-refractivity contribution in [1.82, 2.24) is 9.80 Å². The third kappa shape index (κ3) is 7.05. The number of rotatable bonds is 6. The van der Waals surface area contributed by atoms with Gasteiger partial charge in [-0.2, -0.15) is 0 Å². The number of hydrogen-bond acceptors (Lipinski definition) is 3. The molecule has 0 saturated carbocycles. The summed E-state index contributed by atoms with van der Waals surface area (Å²) in [7, 11) is 0. The SMILES string of the molecule is CC(=O)N1CCC(CCC(=O)c2ccc3c(c2)CCN(Cc2cccc(Cl)c2)CC3)CC1.Cl. The number of likely N-dealkylation sites (tertiary alicyclic amines) is 1. The van der Waals surface area contributed by atoms with E-state index in [1.165, 1.54) is 16.7 Å². The molecule has 0 radical (unpaired) electrons. The van der Waals surface area contributed by atoms with E-state index < -0.39 is 0 Å². The third-order valence-corrected chi connectivity index (χ3v) is 7.29. The van der Waals surface area contributed by atoms with Crippen molar-refractivity contribution in [3.05, 3.63) is 69.7 Å². The van der Waals surface area contributed by atoms with Gasteiger partial charge in [0.15, 0.2) is 5.78 Å². The van der Waals surface area contributed by atoms with Gasteiger partial charge in [0, 0.05) is 56.7 Å². The Balaban J connectivity index is 0.00000306. The highest BCUT2D eigenvalue weighted by Gasteiger charge is 2.22. The molecule has 178 valence electrons. The molecular formula is C27H34Cl2N2O2. The summed E-state index contributed by atoms with van der Waals surface area (Å²) in [6, 6.07) is 14.4. The fourth-order valence-corrected chi connectivity index (χ4v) is 5.23. The van der Waals surface area contributed by atoms with E-state index in [-0.39, 0.29) is 24.1 Å². The Hall–Kier alpha value is -1.88. The van der Waals surface area contributed by atoms with E-state index >= 15 is 0 Å². The zero-order valence-electron chi connectivity index (χ0n) is 19.4. The number of Topliss-reactive ketones (excluding diaryl/α,β-unsaturated/α-hetero) is 1. The van der Waals surface area contributed by atoms with Crippen LogP contribution in [-0.4, -0.2) is 47.7 Å². The van der Waals surface area contributed by atoms with E-state index in [1.807, 2.05) is 29.2 Å². The van der Waals surface area contributed by atoms with Crippen LogP contribution in [0.5, 0.6) is 0 Å². The number of carbonyl (C=O) groups is 2. The Labute approximate surface area is 208 Å². The Morgan fingerprint density at radius 3 is 2.39 bits per heavy atom. The van der Waals surface area contributed by atoms with Crippen molar-refractivity contribution in [1.29, 1.82) is 0 Å². The van der Waals surface area contributed by atoms with Gasteiger partial charge in [0.25, 0.3) is 0 Å². The smallest absolute Gasteiger partial charge is 0.219 e. The minimum absolute atomic E-state index is 0. The Morgan fingerprint density at radius 1 is 0.970 bits per heavy atom. The highest BCUT2D eigenvalue weighted by Crippen LogP contribution is 2.25. The minimum atomic E-state index is 0. The van der Waals surface area contributed by atoms with Crippen LogP contribution < -0.4 is 0 Å². The maximum Gasteiger partial charge on any atom is 0.219 e. The van der Waals surface area contributed by atoms with E-state index in [0.29, 0.717) is 12.3 Å². The number of carbonyl (C=O) groups excluding carboxylic acids is 2. The van der Waals surface area contributed by atoms with Gasteiger partial charge in [0.2, 0.25) is 5.91 Å². The molecule has 1 saturated heterocycles. The first-order valence-corrected chi connectivity index (χ1v) is 12.2. The van der Waals surface area contributed by atoms with Gasteiger partial charge < -0.3 is 4.90 Å². The topological polar surface area (TPSA) is 40.6 Å². The molecule has 0 unspecified atom stereocenters. The van der Waals surface area contributed by atoms with E-state index in [9.17, 15) is 9.59 Å². The highest BCUT2D eigenvalue weighted by atomic mass is 35.5. The van der Waals surface area contributed by atoms with Crippen molar-refractivity contribution >= 4 is 35.7 Å². The second-order valence-electron chi connectivity index (χ2n) is 9.30. The largest absolute Gasteiger partial charge is 0.343 e. The van der Waals surface area contributed by atoms with Crippen molar-refractivity contribution in [2.45, 2.75) is 52.0 Å². The molecule has 0 aliphatic carbocycles. The number of hydrogen-bond donors (Lipinski definition) is 0. The van der Waals surface area contributed by atoms with Gasteiger partial charge in [-0.15, -0.1) is 12.4 Å². The second kappa shape index (κ2) is 12.0. The van der Waals surface area contributed by atoms with Crippen molar-refractivity contribution < 1.29 is 9.59 Å². The fourth-order valence-electron chi connectivity index (χ4n) is 5.01. The summed E-state index contributed by atoms with van der Waals surface area (Å²) < 4.78 is 0. The number of ketones is 1. The maximum absolute atomic E-state index is 12.9. The third-order valence-electron chi connectivity index (χ3n) is 7.06. The van der Waals surface area contributed by atoms with Crippen LogP contribution in [-0.2, 0) is 24.2 Å². The number of amides is 1. The normalized spacial score (nSPS) is 17.1. The van der Waals surface area contributed by atoms with Crippen molar-refractivity contribution in [3.63, 3.8) is 0 Å². The van der Waals surface area contributed by atoms with Crippen molar-refractivity contribution in [2.75, 3.05) is 26.2 Å². The first-order chi connectivity index (χ1) is 15.5. The molecule has 1 amide bonds. The fraction of sp³-hybridized carbons (Fsp3) is 0.481. The van der Waals surface area contributed by atoms with Crippen LogP contribution >= 0.6 is 24.0 Å². The Kier molecular flexibility index (Phi) is 9.37. The molecule has 0 atom stereocenters. The van der Waals surface area contributed by atoms with Gasteiger partial charge in [-0.05, 0) is 72.9 Å². The summed E-state index contributed by atoms with van der Waals surface area (Å²) in [6.45, 7) is 6.22. The van der Waals surface area contributed by atoms with Gasteiger partial charge in [0.05, 0.1) is 0 Å². The highest BCUT2D eigenvalue weighted by molar-refractivity contribution is 6.30. The van der Waals surface area contributed by atoms with Crippen molar-refractivity contribution in [3.8, 4) is 0 Å². The summed E-state index contributed by atoms with van der Waals surface area (Å²) in [5.41, 5.74) is 4.78. The van der Waals surface area contributed by atoms with Gasteiger partial charge >= 0.3 is 0 Å². The zero-order valence-corrected chi connectivity index (χ0v) is 21.0. The number of benzene rings is 2. The van der Waals surface area contributed by atoms with Crippen LogP contribution in [0.3, 0.4) is 0 Å². The van der Waals surface area contributed by atoms with Gasteiger partial charge in [-0.3, -0.25) is 14.5 Å². The molecular weight excluding hydrogens is 455 g/mol. The Morgan fingerprint density at radius 2 is 1.70 bits per heavy atom. The van der Waals surface area contributed by atoms with Crippen LogP contribution in [0, 0.1) is 5.92 Å². The minimum Gasteiger partial charge on any atom is -0.343 e. The van der Waals surface area contributed by atoms with Gasteiger partial charge in [0.1, 0.15) is 0 Å². The number of nitrogens with zero attached hydrogens (tertiary/aromatic N) is 2. The first-order valence-electron chi connectivity index (χ1n) is 11.9. The zero-order chi connectivity index (χ0) is 22.5. The summed E-state index contributed by atoms with van der Waals surface area (Å²) in [5.74, 6) is 0.966. The summed E-state index contributed by atoms with van der Waals surface area (Å²) in [5, 5.41) is 0.785. The molecule has 2 aromatic carbocycles. The molecule has 4 nitrogen and oxygen atoms in total. The van der Waals surface area contributed by atoms with E-state index in [0.717, 1.165) is 75.4 Å². The van der Waals surface area contributed by atoms with Gasteiger partial charge in [-0.25, -0.2) is 0 Å². The molecule has 2 aliphatic heterocycles. The van der Waals surface area contributed by atoms with E-state index in [2.05, 4.69) is 23.1 Å². The van der Waals surface area contributed by atoms with Crippen LogP contribution in [0.15, 0.2) is 42.5 Å². The molecule has 1 fully saturated rings. The molecule has 0 bridgehead atoms. The molecule has 2 heterocycles. The molecule has 0 N–H and O–H groups in total. The van der Waals surface area contributed by atoms with Crippen LogP contribution in [0.1, 0.15) is 59.7 Å². The summed E-state index contributed by atoms with van der Waals surface area (Å²) in [4.78, 5) is 28.8. The molecule has 2 aliphatic rings. The average Bonchev–Trinajstić information content (AvgIpc) is 2.99. The maximum atomic E-state index is 12.9. The lowest BCUT2D eigenvalue weighted by atomic mass is 9.89. The van der Waals surface area contributed by atoms with Gasteiger partial charge in [-0.1, -0.05) is 35.9 Å². The first kappa shape index (κ1) is 25.7. The molecule has 4 rings (SSSR count). The quantitative estimate of drug-likeness (QED) is 0.497. The summed E-state index contributed by atoms with van der Waals surface area (Å²) >= 11 is 6.14. The summed E-state index contributed by atoms with van der Waals surface area (Å²) in [6.07, 6.45) is 5.54. The number of halogens is 2. The average molecular weight is 489 g/mol. The molecule has 33 heavy (non-hydrogen) atoms. The Bertz CT molecular complexity index is 970. The van der Waals surface area contributed by atoms with Crippen LogP contribution in [0.2, 0.25) is 5.02 Å². The van der Waals surface area contributed by atoms with Crippen LogP contribution in [0.4, 0.5) is 0 Å².